The molecule has 0 saturated heterocycles. The first-order valence-corrected chi connectivity index (χ1v) is 20.1. The van der Waals surface area contributed by atoms with Crippen molar-refractivity contribution < 1.29 is 47.8 Å². The van der Waals surface area contributed by atoms with Crippen molar-refractivity contribution >= 4 is 25.7 Å². The van der Waals surface area contributed by atoms with Gasteiger partial charge in [-0.3, -0.25) is 18.6 Å². The van der Waals surface area contributed by atoms with Crippen molar-refractivity contribution in [2.24, 2.45) is 0 Å². The summed E-state index contributed by atoms with van der Waals surface area (Å²) in [6.45, 7) is 2.13. The first-order valence-electron chi connectivity index (χ1n) is 18.6. The van der Waals surface area contributed by atoms with Gasteiger partial charge in [-0.15, -0.1) is 0 Å². The molecule has 12 heteroatoms. The molecule has 0 aromatic carbocycles. The summed E-state index contributed by atoms with van der Waals surface area (Å²) in [7, 11) is -4.71. The topological polar surface area (TPSA) is 169 Å². The van der Waals surface area contributed by atoms with E-state index in [0.29, 0.717) is 12.8 Å². The van der Waals surface area contributed by atoms with Crippen LogP contribution in [0.1, 0.15) is 174 Å². The molecule has 0 saturated carbocycles. The number of carboxylic acids is 1. The molecule has 4 N–H and O–H groups in total. The quantitative estimate of drug-likeness (QED) is 0.0287. The summed E-state index contributed by atoms with van der Waals surface area (Å²) in [5, 5.41) is 21.2. The lowest BCUT2D eigenvalue weighted by Gasteiger charge is -2.18. The van der Waals surface area contributed by atoms with Crippen molar-refractivity contribution in [1.82, 2.24) is 5.32 Å². The monoisotopic (exact) mass is 693 g/mol. The van der Waals surface area contributed by atoms with Crippen LogP contribution in [0.3, 0.4) is 0 Å². The van der Waals surface area contributed by atoms with Crippen molar-refractivity contribution in [2.45, 2.75) is 187 Å². The Balaban J connectivity index is 3.61. The zero-order valence-corrected chi connectivity index (χ0v) is 30.5. The molecular formula is C35H68NO10P. The molecule has 0 aliphatic carbocycles. The molecule has 1 amide bonds. The predicted molar refractivity (Wildman–Crippen MR) is 185 cm³/mol. The second-order valence-electron chi connectivity index (χ2n) is 12.8. The van der Waals surface area contributed by atoms with Gasteiger partial charge in [0.25, 0.3) is 0 Å². The van der Waals surface area contributed by atoms with Gasteiger partial charge >= 0.3 is 19.8 Å². The van der Waals surface area contributed by atoms with Gasteiger partial charge in [0.2, 0.25) is 5.91 Å². The predicted octanol–water partition coefficient (Wildman–Crippen LogP) is 8.39. The fourth-order valence-electron chi connectivity index (χ4n) is 5.24. The van der Waals surface area contributed by atoms with Crippen LogP contribution in [0.15, 0.2) is 0 Å². The Morgan fingerprint density at radius 3 is 1.40 bits per heavy atom. The summed E-state index contributed by atoms with van der Waals surface area (Å²) >= 11 is 0. The van der Waals surface area contributed by atoms with Crippen LogP contribution >= 0.6 is 7.82 Å². The number of rotatable bonds is 35. The van der Waals surface area contributed by atoms with Crippen molar-refractivity contribution in [3.63, 3.8) is 0 Å². The molecule has 3 atom stereocenters. The molecule has 0 aromatic rings. The van der Waals surface area contributed by atoms with Crippen molar-refractivity contribution in [1.29, 1.82) is 0 Å². The lowest BCUT2D eigenvalue weighted by Crippen LogP contribution is -2.43. The molecule has 0 spiro atoms. The highest BCUT2D eigenvalue weighted by Crippen LogP contribution is 2.43. The second-order valence-corrected chi connectivity index (χ2v) is 14.2. The minimum atomic E-state index is -4.71. The normalized spacial score (nSPS) is 14.0. The molecule has 47 heavy (non-hydrogen) atoms. The number of hydrogen-bond donors (Lipinski definition) is 4. The van der Waals surface area contributed by atoms with Crippen molar-refractivity contribution in [3.8, 4) is 0 Å². The number of esters is 1. The number of phosphoric acid groups is 1. The number of carbonyl (C=O) groups is 3. The van der Waals surface area contributed by atoms with Gasteiger partial charge in [0.1, 0.15) is 12.7 Å². The van der Waals surface area contributed by atoms with Crippen LogP contribution in [0.2, 0.25) is 0 Å². The number of nitrogens with one attached hydrogen (secondary N) is 1. The zero-order chi connectivity index (χ0) is 35.0. The summed E-state index contributed by atoms with van der Waals surface area (Å²) in [5.74, 6) is -2.44. The van der Waals surface area contributed by atoms with E-state index in [0.717, 1.165) is 19.3 Å². The Hall–Kier alpha value is -1.52. The average molecular weight is 694 g/mol. The Morgan fingerprint density at radius 2 is 1.00 bits per heavy atom. The zero-order valence-electron chi connectivity index (χ0n) is 29.6. The molecule has 3 unspecified atom stereocenters. The molecule has 0 heterocycles. The summed E-state index contributed by atoms with van der Waals surface area (Å²) in [4.78, 5) is 44.5. The molecular weight excluding hydrogens is 625 g/mol. The van der Waals surface area contributed by atoms with Gasteiger partial charge in [0.15, 0.2) is 6.04 Å². The number of amides is 1. The van der Waals surface area contributed by atoms with E-state index in [1.807, 2.05) is 0 Å². The van der Waals surface area contributed by atoms with E-state index in [4.69, 9.17) is 9.84 Å². The number of carbonyl (C=O) groups excluding carboxylic acids is 2. The van der Waals surface area contributed by atoms with Crippen LogP contribution in [0.5, 0.6) is 0 Å². The first-order chi connectivity index (χ1) is 22.6. The van der Waals surface area contributed by atoms with E-state index in [1.54, 1.807) is 6.92 Å². The van der Waals surface area contributed by atoms with E-state index in [-0.39, 0.29) is 12.8 Å². The fourth-order valence-corrected chi connectivity index (χ4v) is 6.01. The van der Waals surface area contributed by atoms with Crippen LogP contribution in [0.25, 0.3) is 0 Å². The number of hydrogen-bond acceptors (Lipinski definition) is 8. The maximum absolute atomic E-state index is 12.0. The molecule has 0 aliphatic rings. The van der Waals surface area contributed by atoms with Crippen LogP contribution in [0, 0.1) is 0 Å². The van der Waals surface area contributed by atoms with Crippen LogP contribution in [0.4, 0.5) is 0 Å². The Kier molecular flexibility index (Phi) is 30.7. The molecule has 11 nitrogen and oxygen atoms in total. The van der Waals surface area contributed by atoms with E-state index in [9.17, 15) is 28.9 Å². The van der Waals surface area contributed by atoms with Gasteiger partial charge in [-0.1, -0.05) is 149 Å². The van der Waals surface area contributed by atoms with Crippen molar-refractivity contribution in [3.05, 3.63) is 0 Å². The Labute approximate surface area is 284 Å². The van der Waals surface area contributed by atoms with E-state index in [1.165, 1.54) is 116 Å². The number of carboxylic acid groups (broad SMARTS) is 1. The number of phosphoric ester groups is 1. The van der Waals surface area contributed by atoms with Crippen LogP contribution in [-0.4, -0.2) is 64.9 Å². The smallest absolute Gasteiger partial charge is 0.472 e. The summed E-state index contributed by atoms with van der Waals surface area (Å²) in [6, 6.07) is -1.53. The number of unbranched alkanes of at least 4 members (excludes halogenated alkanes) is 21. The molecule has 0 aliphatic heterocycles. The van der Waals surface area contributed by atoms with E-state index in [2.05, 4.69) is 21.3 Å². The lowest BCUT2D eigenvalue weighted by molar-refractivity contribution is -0.147. The van der Waals surface area contributed by atoms with Gasteiger partial charge in [-0.05, 0) is 12.8 Å². The maximum atomic E-state index is 12.0. The van der Waals surface area contributed by atoms with Gasteiger partial charge in [0.05, 0.1) is 13.2 Å². The highest BCUT2D eigenvalue weighted by atomic mass is 31.2. The minimum Gasteiger partial charge on any atom is -0.480 e. The third kappa shape index (κ3) is 31.5. The van der Waals surface area contributed by atoms with E-state index >= 15 is 0 Å². The van der Waals surface area contributed by atoms with Crippen LogP contribution < -0.4 is 5.32 Å². The fraction of sp³-hybridized carbons (Fsp3) is 0.914. The molecule has 278 valence electrons. The standard InChI is InChI=1S/C35H68NO10P/c1-3-5-6-7-8-9-10-11-12-13-14-15-16-17-18-19-20-21-22-23-24-25-27-34(39)44-28-31(37)29-45-47(42,43)46-30-32(35(40)41)36-33(38)26-4-2/h31-32,37H,3-30H2,1-2H3,(H,36,38)(H,40,41)(H,42,43). The molecule has 0 fully saturated rings. The SMILES string of the molecule is CCCCCCCCCCCCCCCCCCCCCCCCC(=O)OCC(O)COP(=O)(O)OCC(NC(=O)CCC)C(=O)O. The molecule has 0 rings (SSSR count). The van der Waals surface area contributed by atoms with Crippen LogP contribution in [-0.2, 0) is 32.7 Å². The minimum absolute atomic E-state index is 0.0988. The van der Waals surface area contributed by atoms with Gasteiger partial charge < -0.3 is 25.2 Å². The summed E-state index contributed by atoms with van der Waals surface area (Å²) in [5.41, 5.74) is 0. The molecule has 0 radical (unpaired) electrons. The molecule has 0 aromatic heterocycles. The average Bonchev–Trinajstić information content (AvgIpc) is 3.03. The number of aliphatic hydroxyl groups is 1. The highest BCUT2D eigenvalue weighted by molar-refractivity contribution is 7.47. The summed E-state index contributed by atoms with van der Waals surface area (Å²) in [6.07, 6.45) is 28.0. The Morgan fingerprint density at radius 1 is 0.596 bits per heavy atom. The first kappa shape index (κ1) is 45.5. The third-order valence-corrected chi connectivity index (χ3v) is 9.07. The van der Waals surface area contributed by atoms with Gasteiger partial charge in [-0.25, -0.2) is 9.36 Å². The van der Waals surface area contributed by atoms with E-state index < -0.39 is 57.6 Å². The highest BCUT2D eigenvalue weighted by Gasteiger charge is 2.28. The maximum Gasteiger partial charge on any atom is 0.472 e. The van der Waals surface area contributed by atoms with Gasteiger partial charge in [0, 0.05) is 12.8 Å². The summed E-state index contributed by atoms with van der Waals surface area (Å²) < 4.78 is 26.3. The number of aliphatic carboxylic acids is 1. The van der Waals surface area contributed by atoms with Crippen molar-refractivity contribution in [2.75, 3.05) is 19.8 Å². The lowest BCUT2D eigenvalue weighted by atomic mass is 10.0. The second kappa shape index (κ2) is 31.7. The number of ether oxygens (including phenoxy) is 1. The Bertz CT molecular complexity index is 828. The largest absolute Gasteiger partial charge is 0.480 e. The van der Waals surface area contributed by atoms with Gasteiger partial charge in [-0.2, -0.15) is 0 Å². The number of aliphatic hydroxyl groups excluding tert-OH is 1. The third-order valence-electron chi connectivity index (χ3n) is 8.12. The molecule has 0 bridgehead atoms.